The van der Waals surface area contributed by atoms with E-state index in [4.69, 9.17) is 40.5 Å². The molecule has 0 aliphatic heterocycles. The van der Waals surface area contributed by atoms with Crippen molar-refractivity contribution in [3.63, 3.8) is 0 Å². The Morgan fingerprint density at radius 1 is 0.676 bits per heavy atom. The predicted molar refractivity (Wildman–Crippen MR) is 151 cm³/mol. The van der Waals surface area contributed by atoms with Crippen molar-refractivity contribution in [1.29, 1.82) is 0 Å². The van der Waals surface area contributed by atoms with Gasteiger partial charge in [-0.2, -0.15) is 0 Å². The van der Waals surface area contributed by atoms with Crippen LogP contribution in [0.4, 0.5) is 28.6 Å². The molecule has 0 saturated heterocycles. The topological polar surface area (TPSA) is 150 Å². The summed E-state index contributed by atoms with van der Waals surface area (Å²) >= 11 is 16.5. The second-order valence-corrected chi connectivity index (χ2v) is 7.49. The van der Waals surface area contributed by atoms with Gasteiger partial charge in [0.1, 0.15) is 10.3 Å². The molecule has 0 saturated carbocycles. The molecule has 2 heterocycles. The molecule has 37 heavy (non-hydrogen) atoms. The SMILES string of the molecule is C.C.Nc1ccccc1.O=[N+]([O-])c1ccc(Cl)nc1Cl.O=[N+]([O-])c1ccc(Cl)nc1Nc1ccccc1. The van der Waals surface area contributed by atoms with Crippen molar-refractivity contribution in [2.45, 2.75) is 14.9 Å². The van der Waals surface area contributed by atoms with Gasteiger partial charge < -0.3 is 11.1 Å². The number of benzene rings is 2. The molecule has 0 atom stereocenters. The molecule has 0 aliphatic carbocycles. The third-order valence-electron chi connectivity index (χ3n) is 3.86. The van der Waals surface area contributed by atoms with Crippen molar-refractivity contribution in [3.05, 3.63) is 121 Å². The van der Waals surface area contributed by atoms with Crippen LogP contribution in [-0.4, -0.2) is 19.8 Å². The fraction of sp³-hybridized carbons (Fsp3) is 0.0833. The molecule has 2 aromatic heterocycles. The number of anilines is 3. The van der Waals surface area contributed by atoms with Crippen LogP contribution in [0, 0.1) is 20.2 Å². The molecule has 3 N–H and O–H groups in total. The van der Waals surface area contributed by atoms with E-state index in [1.54, 1.807) is 12.1 Å². The number of hydrogen-bond donors (Lipinski definition) is 2. The van der Waals surface area contributed by atoms with E-state index in [-0.39, 0.29) is 47.5 Å². The van der Waals surface area contributed by atoms with E-state index < -0.39 is 9.85 Å². The average Bonchev–Trinajstić information content (AvgIpc) is 2.81. The first-order valence-corrected chi connectivity index (χ1v) is 10.7. The number of hydrogen-bond acceptors (Lipinski definition) is 8. The van der Waals surface area contributed by atoms with Crippen molar-refractivity contribution in [2.75, 3.05) is 11.1 Å². The zero-order valence-corrected chi connectivity index (χ0v) is 20.0. The molecule has 4 aromatic rings. The highest BCUT2D eigenvalue weighted by Crippen LogP contribution is 2.27. The van der Waals surface area contributed by atoms with E-state index in [0.29, 0.717) is 5.69 Å². The monoisotopic (exact) mass is 566 g/mol. The van der Waals surface area contributed by atoms with Crippen LogP contribution in [-0.2, 0) is 0 Å². The van der Waals surface area contributed by atoms with Gasteiger partial charge in [-0.25, -0.2) is 9.97 Å². The van der Waals surface area contributed by atoms with Crippen LogP contribution in [0.3, 0.4) is 0 Å². The number of nitrogen functional groups attached to an aromatic ring is 1. The molecule has 0 spiro atoms. The number of nitrogens with two attached hydrogens (primary N) is 1. The standard InChI is InChI=1S/C11H8ClN3O2.C6H7N.C5H2Cl2N2O2.2CH4/c12-10-7-6-9(15(16)17)11(14-10)13-8-4-2-1-3-5-8;7-6-4-2-1-3-5-6;6-4-2-1-3(9(10)11)5(7)8-4;;/h1-7H,(H,13,14);1-5H,7H2;1-2H;2*1H4. The van der Waals surface area contributed by atoms with Crippen molar-refractivity contribution in [3.8, 4) is 0 Å². The normalized spacial score (nSPS) is 9.05. The number of para-hydroxylation sites is 2. The summed E-state index contributed by atoms with van der Waals surface area (Å²) in [5, 5.41) is 24.0. The van der Waals surface area contributed by atoms with Gasteiger partial charge in [-0.3, -0.25) is 20.2 Å². The zero-order valence-electron chi connectivity index (χ0n) is 17.7. The van der Waals surface area contributed by atoms with Crippen LogP contribution in [0.1, 0.15) is 14.9 Å². The van der Waals surface area contributed by atoms with Gasteiger partial charge in [0.2, 0.25) is 11.0 Å². The van der Waals surface area contributed by atoms with Crippen LogP contribution in [0.25, 0.3) is 0 Å². The predicted octanol–water partition coefficient (Wildman–Crippen LogP) is 8.22. The molecular formula is C24H25Cl3N6O4. The molecule has 4 rings (SSSR count). The van der Waals surface area contributed by atoms with Gasteiger partial charge in [0.15, 0.2) is 0 Å². The summed E-state index contributed by atoms with van der Waals surface area (Å²) in [6.45, 7) is 0. The molecule has 0 bridgehead atoms. The lowest BCUT2D eigenvalue weighted by Gasteiger charge is -2.05. The fourth-order valence-electron chi connectivity index (χ4n) is 2.32. The highest BCUT2D eigenvalue weighted by molar-refractivity contribution is 6.33. The zero-order chi connectivity index (χ0) is 25.8. The van der Waals surface area contributed by atoms with E-state index in [9.17, 15) is 20.2 Å². The first kappa shape index (κ1) is 33.0. The molecule has 0 aliphatic rings. The lowest BCUT2D eigenvalue weighted by atomic mass is 10.3. The van der Waals surface area contributed by atoms with E-state index in [2.05, 4.69) is 15.3 Å². The second-order valence-electron chi connectivity index (χ2n) is 6.36. The molecule has 2 aromatic carbocycles. The molecule has 0 unspecified atom stereocenters. The Morgan fingerprint density at radius 3 is 1.57 bits per heavy atom. The van der Waals surface area contributed by atoms with Gasteiger partial charge in [-0.05, 0) is 36.4 Å². The summed E-state index contributed by atoms with van der Waals surface area (Å²) in [5.74, 6) is 0.133. The van der Waals surface area contributed by atoms with Crippen molar-refractivity contribution < 1.29 is 9.85 Å². The number of nitrogens with zero attached hydrogens (tertiary/aromatic N) is 4. The highest BCUT2D eigenvalue weighted by Gasteiger charge is 2.15. The Labute approximate surface area is 229 Å². The van der Waals surface area contributed by atoms with Gasteiger partial charge in [0.05, 0.1) is 9.85 Å². The maximum absolute atomic E-state index is 10.8. The number of pyridine rings is 2. The van der Waals surface area contributed by atoms with Gasteiger partial charge in [-0.1, -0.05) is 86.1 Å². The van der Waals surface area contributed by atoms with Gasteiger partial charge in [0, 0.05) is 23.5 Å². The largest absolute Gasteiger partial charge is 0.399 e. The maximum atomic E-state index is 10.8. The molecule has 13 heteroatoms. The minimum absolute atomic E-state index is 0. The molecule has 0 radical (unpaired) electrons. The summed E-state index contributed by atoms with van der Waals surface area (Å²) in [5.41, 5.74) is 6.54. The van der Waals surface area contributed by atoms with Gasteiger partial charge in [0.25, 0.3) is 0 Å². The number of nitro groups is 2. The molecule has 0 fully saturated rings. The highest BCUT2D eigenvalue weighted by atomic mass is 35.5. The van der Waals surface area contributed by atoms with Crippen molar-refractivity contribution in [1.82, 2.24) is 9.97 Å². The quantitative estimate of drug-likeness (QED) is 0.108. The fourth-order valence-corrected chi connectivity index (χ4v) is 2.88. The first-order valence-electron chi connectivity index (χ1n) is 9.57. The molecule has 0 amide bonds. The Bertz CT molecular complexity index is 1280. The summed E-state index contributed by atoms with van der Waals surface area (Å²) in [6, 6.07) is 23.8. The molecule has 10 nitrogen and oxygen atoms in total. The lowest BCUT2D eigenvalue weighted by Crippen LogP contribution is -1.99. The summed E-state index contributed by atoms with van der Waals surface area (Å²) in [7, 11) is 0. The van der Waals surface area contributed by atoms with Crippen LogP contribution >= 0.6 is 34.8 Å². The van der Waals surface area contributed by atoms with E-state index in [1.165, 1.54) is 24.3 Å². The van der Waals surface area contributed by atoms with Crippen LogP contribution < -0.4 is 11.1 Å². The average molecular weight is 568 g/mol. The summed E-state index contributed by atoms with van der Waals surface area (Å²) in [4.78, 5) is 27.2. The summed E-state index contributed by atoms with van der Waals surface area (Å²) < 4.78 is 0. The van der Waals surface area contributed by atoms with Crippen LogP contribution in [0.5, 0.6) is 0 Å². The minimum atomic E-state index is -0.619. The van der Waals surface area contributed by atoms with Gasteiger partial charge >= 0.3 is 11.4 Å². The van der Waals surface area contributed by atoms with E-state index in [1.807, 2.05) is 48.5 Å². The number of rotatable bonds is 4. The Kier molecular flexibility index (Phi) is 14.8. The Hall–Kier alpha value is -3.99. The minimum Gasteiger partial charge on any atom is -0.399 e. The third kappa shape index (κ3) is 11.5. The number of aromatic nitrogens is 2. The first-order chi connectivity index (χ1) is 16.7. The lowest BCUT2D eigenvalue weighted by molar-refractivity contribution is -0.385. The summed E-state index contributed by atoms with van der Waals surface area (Å²) in [6.07, 6.45) is 0. The smallest absolute Gasteiger partial charge is 0.311 e. The van der Waals surface area contributed by atoms with Crippen molar-refractivity contribution >= 4 is 63.4 Å². The van der Waals surface area contributed by atoms with E-state index in [0.717, 1.165) is 5.69 Å². The third-order valence-corrected chi connectivity index (χ3v) is 4.56. The Balaban J connectivity index is 0.000000560. The Morgan fingerprint density at radius 2 is 1.14 bits per heavy atom. The van der Waals surface area contributed by atoms with Gasteiger partial charge in [-0.15, -0.1) is 0 Å². The molecule has 196 valence electrons. The van der Waals surface area contributed by atoms with Crippen LogP contribution in [0.2, 0.25) is 15.5 Å². The van der Waals surface area contributed by atoms with Crippen molar-refractivity contribution in [2.24, 2.45) is 0 Å². The van der Waals surface area contributed by atoms with Crippen LogP contribution in [0.15, 0.2) is 84.9 Å². The van der Waals surface area contributed by atoms with E-state index >= 15 is 0 Å². The number of nitrogens with one attached hydrogen (secondary N) is 1. The maximum Gasteiger partial charge on any atom is 0.311 e. The molecular weight excluding hydrogens is 543 g/mol. The second kappa shape index (κ2) is 16.6. The number of halogens is 3.